The molecule has 0 aliphatic carbocycles. The SMILES string of the molecule is CC(=O)c1ccc(Nc2cccc(C#N)c2)c(N)c1. The number of nitrogen functional groups attached to an aromatic ring is 1. The molecule has 0 saturated heterocycles. The maximum absolute atomic E-state index is 11.2. The fourth-order valence-electron chi connectivity index (χ4n) is 1.72. The summed E-state index contributed by atoms with van der Waals surface area (Å²) < 4.78 is 0. The van der Waals surface area contributed by atoms with E-state index in [1.807, 2.05) is 6.07 Å². The predicted octanol–water partition coefficient (Wildman–Crippen LogP) is 3.09. The Morgan fingerprint density at radius 3 is 2.68 bits per heavy atom. The van der Waals surface area contributed by atoms with Gasteiger partial charge in [0.1, 0.15) is 0 Å². The molecule has 0 aliphatic rings. The monoisotopic (exact) mass is 251 g/mol. The maximum Gasteiger partial charge on any atom is 0.159 e. The third-order valence-corrected chi connectivity index (χ3v) is 2.73. The lowest BCUT2D eigenvalue weighted by atomic mass is 10.1. The molecule has 0 radical (unpaired) electrons. The molecule has 0 spiro atoms. The Bertz CT molecular complexity index is 671. The van der Waals surface area contributed by atoms with Gasteiger partial charge in [0, 0.05) is 11.3 Å². The zero-order valence-electron chi connectivity index (χ0n) is 10.5. The number of hydrogen-bond donors (Lipinski definition) is 2. The van der Waals surface area contributed by atoms with E-state index in [9.17, 15) is 4.79 Å². The number of nitrogens with one attached hydrogen (secondary N) is 1. The van der Waals surface area contributed by atoms with E-state index in [1.54, 1.807) is 36.4 Å². The molecule has 4 heteroatoms. The van der Waals surface area contributed by atoms with E-state index in [0.717, 1.165) is 5.69 Å². The van der Waals surface area contributed by atoms with Gasteiger partial charge in [-0.15, -0.1) is 0 Å². The van der Waals surface area contributed by atoms with Crippen LogP contribution in [0.25, 0.3) is 0 Å². The van der Waals surface area contributed by atoms with Gasteiger partial charge in [-0.3, -0.25) is 4.79 Å². The summed E-state index contributed by atoms with van der Waals surface area (Å²) in [6.45, 7) is 1.50. The molecule has 0 bridgehead atoms. The third-order valence-electron chi connectivity index (χ3n) is 2.73. The summed E-state index contributed by atoms with van der Waals surface area (Å²) in [4.78, 5) is 11.2. The zero-order valence-corrected chi connectivity index (χ0v) is 10.5. The number of carbonyl (C=O) groups excluding carboxylic acids is 1. The minimum atomic E-state index is -0.0234. The van der Waals surface area contributed by atoms with Crippen molar-refractivity contribution in [3.63, 3.8) is 0 Å². The first kappa shape index (κ1) is 12.7. The second-order valence-corrected chi connectivity index (χ2v) is 4.18. The minimum Gasteiger partial charge on any atom is -0.397 e. The molecule has 0 saturated carbocycles. The highest BCUT2D eigenvalue weighted by atomic mass is 16.1. The fraction of sp³-hybridized carbons (Fsp3) is 0.0667. The van der Waals surface area contributed by atoms with Gasteiger partial charge in [-0.2, -0.15) is 5.26 Å². The van der Waals surface area contributed by atoms with E-state index < -0.39 is 0 Å². The van der Waals surface area contributed by atoms with Crippen molar-refractivity contribution >= 4 is 22.8 Å². The lowest BCUT2D eigenvalue weighted by Gasteiger charge is -2.10. The van der Waals surface area contributed by atoms with Crippen LogP contribution in [0.3, 0.4) is 0 Å². The second kappa shape index (κ2) is 5.23. The summed E-state index contributed by atoms with van der Waals surface area (Å²) in [5.41, 5.74) is 9.03. The predicted molar refractivity (Wildman–Crippen MR) is 75.3 cm³/mol. The number of nitrogens with zero attached hydrogens (tertiary/aromatic N) is 1. The van der Waals surface area contributed by atoms with Crippen molar-refractivity contribution in [3.05, 3.63) is 53.6 Å². The van der Waals surface area contributed by atoms with Crippen molar-refractivity contribution in [2.45, 2.75) is 6.92 Å². The number of anilines is 3. The molecule has 4 nitrogen and oxygen atoms in total. The lowest BCUT2D eigenvalue weighted by Crippen LogP contribution is -2.00. The van der Waals surface area contributed by atoms with E-state index in [1.165, 1.54) is 6.92 Å². The average molecular weight is 251 g/mol. The van der Waals surface area contributed by atoms with Crippen LogP contribution < -0.4 is 11.1 Å². The minimum absolute atomic E-state index is 0.0234. The van der Waals surface area contributed by atoms with Gasteiger partial charge in [-0.05, 0) is 43.3 Å². The highest BCUT2D eigenvalue weighted by Crippen LogP contribution is 2.24. The first-order valence-corrected chi connectivity index (χ1v) is 5.78. The number of nitriles is 1. The van der Waals surface area contributed by atoms with Crippen LogP contribution in [0.1, 0.15) is 22.8 Å². The van der Waals surface area contributed by atoms with Gasteiger partial charge in [-0.1, -0.05) is 6.07 Å². The number of rotatable bonds is 3. The van der Waals surface area contributed by atoms with Crippen molar-refractivity contribution in [1.82, 2.24) is 0 Å². The summed E-state index contributed by atoms with van der Waals surface area (Å²) in [7, 11) is 0. The standard InChI is InChI=1S/C15H13N3O/c1-10(19)12-5-6-15(14(17)8-12)18-13-4-2-3-11(7-13)9-16/h2-8,18H,17H2,1H3. The summed E-state index contributed by atoms with van der Waals surface area (Å²) in [6.07, 6.45) is 0. The quantitative estimate of drug-likeness (QED) is 0.649. The van der Waals surface area contributed by atoms with Gasteiger partial charge in [0.2, 0.25) is 0 Å². The van der Waals surface area contributed by atoms with Crippen molar-refractivity contribution in [1.29, 1.82) is 5.26 Å². The van der Waals surface area contributed by atoms with Crippen LogP contribution in [0.2, 0.25) is 0 Å². The van der Waals surface area contributed by atoms with E-state index >= 15 is 0 Å². The van der Waals surface area contributed by atoms with Crippen LogP contribution >= 0.6 is 0 Å². The Morgan fingerprint density at radius 1 is 1.26 bits per heavy atom. The average Bonchev–Trinajstić information content (AvgIpc) is 2.41. The third kappa shape index (κ3) is 2.90. The molecule has 2 rings (SSSR count). The number of nitrogens with two attached hydrogens (primary N) is 1. The summed E-state index contributed by atoms with van der Waals surface area (Å²) in [6, 6.07) is 14.3. The van der Waals surface area contributed by atoms with Gasteiger partial charge in [0.05, 0.1) is 23.0 Å². The first-order valence-electron chi connectivity index (χ1n) is 5.78. The largest absolute Gasteiger partial charge is 0.397 e. The van der Waals surface area contributed by atoms with E-state index in [0.29, 0.717) is 22.5 Å². The number of ketones is 1. The number of Topliss-reactive ketones (excluding diaryl/α,β-unsaturated/α-hetero) is 1. The molecule has 2 aromatic rings. The zero-order chi connectivity index (χ0) is 13.8. The Hall–Kier alpha value is -2.80. The van der Waals surface area contributed by atoms with Crippen molar-refractivity contribution in [2.24, 2.45) is 0 Å². The van der Waals surface area contributed by atoms with Crippen LogP contribution in [-0.2, 0) is 0 Å². The Labute approximate surface area is 111 Å². The highest BCUT2D eigenvalue weighted by molar-refractivity contribution is 5.96. The number of hydrogen-bond acceptors (Lipinski definition) is 4. The molecule has 0 unspecified atom stereocenters. The van der Waals surface area contributed by atoms with Gasteiger partial charge in [-0.25, -0.2) is 0 Å². The maximum atomic E-state index is 11.2. The molecule has 0 fully saturated rings. The number of benzene rings is 2. The first-order chi connectivity index (χ1) is 9.10. The number of carbonyl (C=O) groups is 1. The van der Waals surface area contributed by atoms with Crippen LogP contribution in [-0.4, -0.2) is 5.78 Å². The molecular formula is C15H13N3O. The van der Waals surface area contributed by atoms with E-state index in [4.69, 9.17) is 11.0 Å². The van der Waals surface area contributed by atoms with E-state index in [-0.39, 0.29) is 5.78 Å². The van der Waals surface area contributed by atoms with Crippen LogP contribution in [0, 0.1) is 11.3 Å². The van der Waals surface area contributed by atoms with Gasteiger partial charge in [0.25, 0.3) is 0 Å². The Morgan fingerprint density at radius 2 is 2.05 bits per heavy atom. The smallest absolute Gasteiger partial charge is 0.159 e. The molecular weight excluding hydrogens is 238 g/mol. The summed E-state index contributed by atoms with van der Waals surface area (Å²) >= 11 is 0. The van der Waals surface area contributed by atoms with Crippen molar-refractivity contribution in [3.8, 4) is 6.07 Å². The molecule has 3 N–H and O–H groups in total. The highest BCUT2D eigenvalue weighted by Gasteiger charge is 2.04. The fourth-order valence-corrected chi connectivity index (χ4v) is 1.72. The molecule has 19 heavy (non-hydrogen) atoms. The molecule has 0 amide bonds. The van der Waals surface area contributed by atoms with Gasteiger partial charge in [0.15, 0.2) is 5.78 Å². The second-order valence-electron chi connectivity index (χ2n) is 4.18. The van der Waals surface area contributed by atoms with Crippen molar-refractivity contribution in [2.75, 3.05) is 11.1 Å². The van der Waals surface area contributed by atoms with Gasteiger partial charge < -0.3 is 11.1 Å². The molecule has 0 atom stereocenters. The van der Waals surface area contributed by atoms with Crippen LogP contribution in [0.5, 0.6) is 0 Å². The topological polar surface area (TPSA) is 78.9 Å². The van der Waals surface area contributed by atoms with Crippen molar-refractivity contribution < 1.29 is 4.79 Å². The summed E-state index contributed by atoms with van der Waals surface area (Å²) in [5.74, 6) is -0.0234. The summed E-state index contributed by atoms with van der Waals surface area (Å²) in [5, 5.41) is 12.0. The van der Waals surface area contributed by atoms with Crippen LogP contribution in [0.4, 0.5) is 17.1 Å². The molecule has 94 valence electrons. The molecule has 0 aromatic heterocycles. The molecule has 2 aromatic carbocycles. The molecule has 0 heterocycles. The molecule has 0 aliphatic heterocycles. The Balaban J connectivity index is 2.28. The van der Waals surface area contributed by atoms with E-state index in [2.05, 4.69) is 11.4 Å². The van der Waals surface area contributed by atoms with Gasteiger partial charge >= 0.3 is 0 Å². The normalized spacial score (nSPS) is 9.68. The lowest BCUT2D eigenvalue weighted by molar-refractivity contribution is 0.101. The van der Waals surface area contributed by atoms with Crippen LogP contribution in [0.15, 0.2) is 42.5 Å². The Kier molecular flexibility index (Phi) is 3.48.